The Morgan fingerprint density at radius 3 is 2.90 bits per heavy atom. The monoisotopic (exact) mass is 340 g/mol. The van der Waals surface area contributed by atoms with Crippen LogP contribution in [0.1, 0.15) is 38.2 Å². The fourth-order valence-corrected chi connectivity index (χ4v) is 3.40. The van der Waals surface area contributed by atoms with E-state index in [1.165, 1.54) is 25.7 Å². The molecule has 1 fully saturated rings. The zero-order chi connectivity index (χ0) is 14.5. The molecule has 1 atom stereocenters. The van der Waals surface area contributed by atoms with Crippen LogP contribution in [0.15, 0.2) is 22.7 Å². The van der Waals surface area contributed by atoms with Crippen molar-refractivity contribution in [2.24, 2.45) is 5.92 Å². The largest absolute Gasteiger partial charge is 0.299 e. The summed E-state index contributed by atoms with van der Waals surface area (Å²) in [4.78, 5) is 13.1. The summed E-state index contributed by atoms with van der Waals surface area (Å²) in [6, 6.07) is 5.29. The molecule has 1 aromatic carbocycles. The number of hydrogen-bond donors (Lipinski definition) is 0. The normalized spacial score (nSPS) is 20.6. The van der Waals surface area contributed by atoms with E-state index in [0.717, 1.165) is 31.1 Å². The van der Waals surface area contributed by atoms with Gasteiger partial charge in [-0.15, -0.1) is 0 Å². The Balaban J connectivity index is 2.06. The van der Waals surface area contributed by atoms with Gasteiger partial charge in [-0.3, -0.25) is 15.0 Å². The predicted octanol–water partition coefficient (Wildman–Crippen LogP) is 4.37. The van der Waals surface area contributed by atoms with Crippen LogP contribution in [-0.4, -0.2) is 22.9 Å². The summed E-state index contributed by atoms with van der Waals surface area (Å²) >= 11 is 3.39. The maximum atomic E-state index is 11.0. The number of rotatable bonds is 4. The van der Waals surface area contributed by atoms with Crippen molar-refractivity contribution in [3.8, 4) is 0 Å². The van der Waals surface area contributed by atoms with Crippen LogP contribution in [0.4, 0.5) is 5.69 Å². The molecule has 1 saturated heterocycles. The molecule has 0 N–H and O–H groups in total. The Kier molecular flexibility index (Phi) is 5.54. The molecule has 0 saturated carbocycles. The Morgan fingerprint density at radius 2 is 2.20 bits per heavy atom. The van der Waals surface area contributed by atoms with Crippen molar-refractivity contribution in [3.63, 3.8) is 0 Å². The van der Waals surface area contributed by atoms with Crippen LogP contribution in [0, 0.1) is 16.0 Å². The SMILES string of the molecule is CCC1CCCN(Cc2cccc([N+](=O)[O-])c2Br)CC1. The molecule has 1 heterocycles. The molecule has 1 aliphatic heterocycles. The molecule has 1 aromatic rings. The Bertz CT molecular complexity index is 479. The van der Waals surface area contributed by atoms with Crippen molar-refractivity contribution >= 4 is 21.6 Å². The van der Waals surface area contributed by atoms with Gasteiger partial charge in [0.15, 0.2) is 0 Å². The fourth-order valence-electron chi connectivity index (χ4n) is 2.86. The van der Waals surface area contributed by atoms with Crippen molar-refractivity contribution in [2.45, 2.75) is 39.2 Å². The van der Waals surface area contributed by atoms with Crippen LogP contribution in [0.2, 0.25) is 0 Å². The van der Waals surface area contributed by atoms with Crippen molar-refractivity contribution in [1.29, 1.82) is 0 Å². The summed E-state index contributed by atoms with van der Waals surface area (Å²) in [7, 11) is 0. The first-order valence-corrected chi connectivity index (χ1v) is 8.05. The Labute approximate surface area is 128 Å². The van der Waals surface area contributed by atoms with Gasteiger partial charge in [0.05, 0.1) is 9.40 Å². The number of nitro benzene ring substituents is 1. The highest BCUT2D eigenvalue weighted by molar-refractivity contribution is 9.10. The molecule has 2 rings (SSSR count). The molecule has 20 heavy (non-hydrogen) atoms. The van der Waals surface area contributed by atoms with E-state index in [2.05, 4.69) is 27.8 Å². The third kappa shape index (κ3) is 3.79. The van der Waals surface area contributed by atoms with Crippen LogP contribution in [0.3, 0.4) is 0 Å². The first kappa shape index (κ1) is 15.4. The number of hydrogen-bond acceptors (Lipinski definition) is 3. The number of likely N-dealkylation sites (tertiary alicyclic amines) is 1. The quantitative estimate of drug-likeness (QED) is 0.603. The first-order valence-electron chi connectivity index (χ1n) is 7.26. The van der Waals surface area contributed by atoms with Gasteiger partial charge in [0.1, 0.15) is 0 Å². The van der Waals surface area contributed by atoms with E-state index < -0.39 is 0 Å². The highest BCUT2D eigenvalue weighted by Gasteiger charge is 2.19. The molecule has 4 nitrogen and oxygen atoms in total. The lowest BCUT2D eigenvalue weighted by molar-refractivity contribution is -0.385. The summed E-state index contributed by atoms with van der Waals surface area (Å²) in [5, 5.41) is 11.0. The van der Waals surface area contributed by atoms with Crippen LogP contribution < -0.4 is 0 Å². The Morgan fingerprint density at radius 1 is 1.40 bits per heavy atom. The summed E-state index contributed by atoms with van der Waals surface area (Å²) in [6.07, 6.45) is 5.03. The zero-order valence-electron chi connectivity index (χ0n) is 11.8. The van der Waals surface area contributed by atoms with Crippen LogP contribution in [0.5, 0.6) is 0 Å². The van der Waals surface area contributed by atoms with Gasteiger partial charge in [0.25, 0.3) is 5.69 Å². The second kappa shape index (κ2) is 7.18. The lowest BCUT2D eigenvalue weighted by Crippen LogP contribution is -2.24. The van der Waals surface area contributed by atoms with Crippen molar-refractivity contribution in [1.82, 2.24) is 4.90 Å². The molecule has 0 radical (unpaired) electrons. The first-order chi connectivity index (χ1) is 9.61. The minimum atomic E-state index is -0.330. The Hall–Kier alpha value is -0.940. The molecule has 0 spiro atoms. The van der Waals surface area contributed by atoms with Gasteiger partial charge in [0.2, 0.25) is 0 Å². The fraction of sp³-hybridized carbons (Fsp3) is 0.600. The highest BCUT2D eigenvalue weighted by atomic mass is 79.9. The minimum Gasteiger partial charge on any atom is -0.299 e. The average Bonchev–Trinajstić information content (AvgIpc) is 2.66. The minimum absolute atomic E-state index is 0.156. The van der Waals surface area contributed by atoms with Crippen molar-refractivity contribution in [2.75, 3.05) is 13.1 Å². The molecule has 0 aromatic heterocycles. The molecule has 1 aliphatic rings. The molecule has 110 valence electrons. The molecule has 0 amide bonds. The second-order valence-corrected chi connectivity index (χ2v) is 6.28. The van der Waals surface area contributed by atoms with E-state index in [1.54, 1.807) is 12.1 Å². The van der Waals surface area contributed by atoms with Crippen LogP contribution in [0.25, 0.3) is 0 Å². The lowest BCUT2D eigenvalue weighted by atomic mass is 9.98. The van der Waals surface area contributed by atoms with E-state index in [0.29, 0.717) is 4.47 Å². The standard InChI is InChI=1S/C15H21BrN2O2/c1-2-12-5-4-9-17(10-8-12)11-13-6-3-7-14(15(13)16)18(19)20/h3,6-7,12H,2,4-5,8-11H2,1H3. The van der Waals surface area contributed by atoms with E-state index in [9.17, 15) is 10.1 Å². The van der Waals surface area contributed by atoms with Gasteiger partial charge in [-0.1, -0.05) is 25.5 Å². The van der Waals surface area contributed by atoms with Crippen LogP contribution >= 0.6 is 15.9 Å². The van der Waals surface area contributed by atoms with Gasteiger partial charge in [-0.25, -0.2) is 0 Å². The predicted molar refractivity (Wildman–Crippen MR) is 83.7 cm³/mol. The average molecular weight is 341 g/mol. The zero-order valence-corrected chi connectivity index (χ0v) is 13.4. The van der Waals surface area contributed by atoms with Gasteiger partial charge in [0, 0.05) is 12.6 Å². The summed E-state index contributed by atoms with van der Waals surface area (Å²) in [5.41, 5.74) is 1.16. The van der Waals surface area contributed by atoms with E-state index >= 15 is 0 Å². The second-order valence-electron chi connectivity index (χ2n) is 5.49. The number of nitrogens with zero attached hydrogens (tertiary/aromatic N) is 2. The van der Waals surface area contributed by atoms with Crippen LogP contribution in [-0.2, 0) is 6.54 Å². The van der Waals surface area contributed by atoms with E-state index in [-0.39, 0.29) is 10.6 Å². The van der Waals surface area contributed by atoms with Crippen molar-refractivity contribution < 1.29 is 4.92 Å². The molecule has 1 unspecified atom stereocenters. The smallest absolute Gasteiger partial charge is 0.283 e. The van der Waals surface area contributed by atoms with Gasteiger partial charge < -0.3 is 0 Å². The van der Waals surface area contributed by atoms with Gasteiger partial charge >= 0.3 is 0 Å². The van der Waals surface area contributed by atoms with Crippen molar-refractivity contribution in [3.05, 3.63) is 38.3 Å². The summed E-state index contributed by atoms with van der Waals surface area (Å²) in [6.45, 7) is 5.23. The summed E-state index contributed by atoms with van der Waals surface area (Å²) in [5.74, 6) is 0.841. The molecule has 5 heteroatoms. The third-order valence-corrected chi connectivity index (χ3v) is 5.08. The number of benzene rings is 1. The maximum absolute atomic E-state index is 11.0. The van der Waals surface area contributed by atoms with E-state index in [4.69, 9.17) is 0 Å². The topological polar surface area (TPSA) is 46.4 Å². The van der Waals surface area contributed by atoms with Gasteiger partial charge in [-0.2, -0.15) is 0 Å². The molecular formula is C15H21BrN2O2. The van der Waals surface area contributed by atoms with E-state index in [1.807, 2.05) is 6.07 Å². The molecule has 0 bridgehead atoms. The number of nitro groups is 1. The highest BCUT2D eigenvalue weighted by Crippen LogP contribution is 2.30. The lowest BCUT2D eigenvalue weighted by Gasteiger charge is -2.20. The number of halogens is 1. The maximum Gasteiger partial charge on any atom is 0.283 e. The summed E-state index contributed by atoms with van der Waals surface area (Å²) < 4.78 is 0.626. The third-order valence-electron chi connectivity index (χ3n) is 4.17. The molecule has 0 aliphatic carbocycles. The van der Waals surface area contributed by atoms with Gasteiger partial charge in [-0.05, 0) is 59.8 Å². The molecular weight excluding hydrogens is 320 g/mol.